The molecular formula is C36H53N4O9-. The van der Waals surface area contributed by atoms with Crippen LogP contribution >= 0.6 is 0 Å². The predicted octanol–water partition coefficient (Wildman–Crippen LogP) is 1.73. The van der Waals surface area contributed by atoms with E-state index < -0.39 is 47.6 Å². The lowest BCUT2D eigenvalue weighted by molar-refractivity contribution is -0.275. The molecule has 0 spiro atoms. The number of nitrogens with zero attached hydrogens (tertiary/aromatic N) is 2. The van der Waals surface area contributed by atoms with Gasteiger partial charge in [0.2, 0.25) is 5.91 Å². The fraction of sp³-hybridized carbons (Fsp3) is 0.583. The predicted molar refractivity (Wildman–Crippen MR) is 182 cm³/mol. The van der Waals surface area contributed by atoms with E-state index in [1.54, 1.807) is 58.6 Å². The summed E-state index contributed by atoms with van der Waals surface area (Å²) in [6, 6.07) is 14.9. The van der Waals surface area contributed by atoms with Gasteiger partial charge in [0.15, 0.2) is 0 Å². The summed E-state index contributed by atoms with van der Waals surface area (Å²) < 4.78 is 16.4. The summed E-state index contributed by atoms with van der Waals surface area (Å²) >= 11 is 0. The number of aliphatic hydroxyl groups is 2. The van der Waals surface area contributed by atoms with Gasteiger partial charge in [0.1, 0.15) is 30.7 Å². The van der Waals surface area contributed by atoms with Crippen molar-refractivity contribution in [3.8, 4) is 5.75 Å². The molecule has 4 N–H and O–H groups in total. The Kier molecular flexibility index (Phi) is 14.7. The van der Waals surface area contributed by atoms with Crippen molar-refractivity contribution in [2.24, 2.45) is 0 Å². The first kappa shape index (κ1) is 39.5. The van der Waals surface area contributed by atoms with E-state index in [0.717, 1.165) is 16.0 Å². The number of benzene rings is 2. The maximum atomic E-state index is 12.7. The number of rotatable bonds is 16. The molecule has 0 aromatic heterocycles. The third-order valence-corrected chi connectivity index (χ3v) is 7.95. The number of aliphatic hydroxyl groups excluding tert-OH is 2. The van der Waals surface area contributed by atoms with Gasteiger partial charge in [0.25, 0.3) is 0 Å². The van der Waals surface area contributed by atoms with Crippen molar-refractivity contribution in [3.05, 3.63) is 65.7 Å². The maximum absolute atomic E-state index is 12.7. The van der Waals surface area contributed by atoms with Crippen molar-refractivity contribution in [2.75, 3.05) is 46.0 Å². The molecule has 2 aromatic carbocycles. The van der Waals surface area contributed by atoms with Gasteiger partial charge < -0.3 is 54.8 Å². The molecule has 0 radical (unpaired) electrons. The number of ether oxygens (including phenoxy) is 3. The van der Waals surface area contributed by atoms with Crippen LogP contribution in [-0.2, 0) is 27.1 Å². The first-order chi connectivity index (χ1) is 23.0. The lowest BCUT2D eigenvalue weighted by Gasteiger charge is -2.45. The summed E-state index contributed by atoms with van der Waals surface area (Å²) in [5.41, 5.74) is 0.0723. The second kappa shape index (κ2) is 18.2. The topological polar surface area (TPSA) is 173 Å². The Morgan fingerprint density at radius 1 is 0.959 bits per heavy atom. The number of hydrogen-bond acceptors (Lipinski definition) is 10. The van der Waals surface area contributed by atoms with Crippen molar-refractivity contribution in [2.45, 2.75) is 89.8 Å². The summed E-state index contributed by atoms with van der Waals surface area (Å²) in [5.74, 6) is 0.552. The molecule has 3 amide bonds. The Labute approximate surface area is 289 Å². The minimum atomic E-state index is -1.39. The quantitative estimate of drug-likeness (QED) is 0.204. The van der Waals surface area contributed by atoms with Crippen molar-refractivity contribution in [3.63, 3.8) is 0 Å². The maximum Gasteiger partial charge on any atom is 0.407 e. The van der Waals surface area contributed by atoms with E-state index in [1.807, 2.05) is 42.5 Å². The summed E-state index contributed by atoms with van der Waals surface area (Å²) in [4.78, 5) is 39.8. The second-order valence-electron chi connectivity index (χ2n) is 14.2. The van der Waals surface area contributed by atoms with Crippen LogP contribution in [0.3, 0.4) is 0 Å². The van der Waals surface area contributed by atoms with E-state index in [1.165, 1.54) is 0 Å². The molecule has 1 heterocycles. The summed E-state index contributed by atoms with van der Waals surface area (Å²) in [6.45, 7) is 12.3. The van der Waals surface area contributed by atoms with Crippen LogP contribution in [0.1, 0.15) is 52.7 Å². The van der Waals surface area contributed by atoms with E-state index in [0.29, 0.717) is 32.1 Å². The van der Waals surface area contributed by atoms with Crippen LogP contribution in [-0.4, -0.2) is 120 Å². The number of morpholine rings is 1. The highest BCUT2D eigenvalue weighted by Gasteiger charge is 2.34. The van der Waals surface area contributed by atoms with Gasteiger partial charge in [-0.15, -0.1) is 0 Å². The number of carboxylic acid groups (broad SMARTS) is 1. The third kappa shape index (κ3) is 13.5. The number of hydrogen-bond donors (Lipinski definition) is 4. The molecule has 272 valence electrons. The zero-order valence-electron chi connectivity index (χ0n) is 29.5. The Morgan fingerprint density at radius 3 is 2.18 bits per heavy atom. The van der Waals surface area contributed by atoms with Crippen LogP contribution in [0.25, 0.3) is 0 Å². The monoisotopic (exact) mass is 685 g/mol. The zero-order chi connectivity index (χ0) is 36.2. The molecule has 3 rings (SSSR count). The summed E-state index contributed by atoms with van der Waals surface area (Å²) in [5, 5.41) is 40.6. The van der Waals surface area contributed by atoms with Gasteiger partial charge in [0.05, 0.1) is 37.4 Å². The van der Waals surface area contributed by atoms with Gasteiger partial charge in [-0.05, 0) is 77.6 Å². The van der Waals surface area contributed by atoms with E-state index in [4.69, 9.17) is 14.2 Å². The lowest BCUT2D eigenvalue weighted by atomic mass is 9.94. The second-order valence-corrected chi connectivity index (χ2v) is 14.2. The van der Waals surface area contributed by atoms with Crippen LogP contribution < -0.4 is 20.5 Å². The molecule has 1 aliphatic heterocycles. The molecule has 49 heavy (non-hydrogen) atoms. The summed E-state index contributed by atoms with van der Waals surface area (Å²) in [6.07, 6.45) is -3.81. The van der Waals surface area contributed by atoms with Gasteiger partial charge in [-0.25, -0.2) is 4.79 Å². The van der Waals surface area contributed by atoms with Crippen molar-refractivity contribution < 1.29 is 43.9 Å². The number of carbonyl (C=O) groups excluding carboxylic acids is 3. The molecule has 0 bridgehead atoms. The van der Waals surface area contributed by atoms with Gasteiger partial charge in [-0.3, -0.25) is 4.79 Å². The number of nitrogens with one attached hydrogen (secondary N) is 2. The molecule has 1 saturated heterocycles. The minimum absolute atomic E-state index is 0.0160. The van der Waals surface area contributed by atoms with Crippen LogP contribution in [0.4, 0.5) is 9.59 Å². The van der Waals surface area contributed by atoms with E-state index in [-0.39, 0.29) is 38.4 Å². The Morgan fingerprint density at radius 2 is 1.59 bits per heavy atom. The number of alkyl carbamates (subject to hydrolysis) is 1. The molecule has 2 aromatic rings. The molecule has 0 saturated carbocycles. The third-order valence-electron chi connectivity index (χ3n) is 7.95. The van der Waals surface area contributed by atoms with Crippen molar-refractivity contribution in [1.29, 1.82) is 0 Å². The first-order valence-electron chi connectivity index (χ1n) is 16.7. The normalized spacial score (nSPS) is 16.3. The largest absolute Gasteiger partial charge is 0.530 e. The molecular weight excluding hydrogens is 632 g/mol. The van der Waals surface area contributed by atoms with Crippen molar-refractivity contribution >= 4 is 18.1 Å². The van der Waals surface area contributed by atoms with Gasteiger partial charge >= 0.3 is 6.09 Å². The van der Waals surface area contributed by atoms with Crippen LogP contribution in [0.15, 0.2) is 54.6 Å². The van der Waals surface area contributed by atoms with Crippen LogP contribution in [0.2, 0.25) is 0 Å². The fourth-order valence-corrected chi connectivity index (χ4v) is 5.60. The highest BCUT2D eigenvalue weighted by atomic mass is 16.6. The minimum Gasteiger partial charge on any atom is -0.530 e. The summed E-state index contributed by atoms with van der Waals surface area (Å²) in [7, 11) is 0. The molecule has 1 aliphatic rings. The molecule has 0 aliphatic carbocycles. The van der Waals surface area contributed by atoms with Gasteiger partial charge in [-0.2, -0.15) is 0 Å². The average Bonchev–Trinajstić information content (AvgIpc) is 3.01. The van der Waals surface area contributed by atoms with E-state index in [2.05, 4.69) is 10.6 Å². The lowest BCUT2D eigenvalue weighted by Crippen LogP contribution is -2.62. The molecule has 4 atom stereocenters. The highest BCUT2D eigenvalue weighted by Crippen LogP contribution is 2.22. The molecule has 1 fully saturated rings. The van der Waals surface area contributed by atoms with Crippen LogP contribution in [0.5, 0.6) is 5.75 Å². The number of amides is 3. The Balaban J connectivity index is 1.65. The molecule has 0 unspecified atom stereocenters. The van der Waals surface area contributed by atoms with Crippen LogP contribution in [0, 0.1) is 0 Å². The first-order valence-corrected chi connectivity index (χ1v) is 16.7. The average molecular weight is 686 g/mol. The van der Waals surface area contributed by atoms with Gasteiger partial charge in [0, 0.05) is 25.2 Å². The fourth-order valence-electron chi connectivity index (χ4n) is 5.60. The standard InChI is InChI=1S/C36H54N4O9/c1-35(2,3)40(34(45)46)29(21-25-10-8-7-9-11-25)31(42)23-37-22-30(41)28(38-33(44)49-36(4,5)6)20-26-12-14-27(15-13-26)48-19-17-39-16-18-47-24-32(39)43/h7-15,28-31,37,41-42H,16-24H2,1-6H3,(H,38,44)(H,45,46)/p-1/t28-,29-,30+,31+/m0/s1. The van der Waals surface area contributed by atoms with Crippen molar-refractivity contribution in [1.82, 2.24) is 20.4 Å². The smallest absolute Gasteiger partial charge is 0.407 e. The molecule has 13 heteroatoms. The SMILES string of the molecule is CC(C)(C)OC(=O)N[C@@H](Cc1ccc(OCCN2CCOCC2=O)cc1)[C@H](O)CNC[C@@H](O)[C@H](Cc1ccccc1)N(C(=O)[O-])C(C)(C)C. The zero-order valence-corrected chi connectivity index (χ0v) is 29.5. The van der Waals surface area contributed by atoms with E-state index in [9.17, 15) is 29.7 Å². The highest BCUT2D eigenvalue weighted by molar-refractivity contribution is 5.78. The molecule has 13 nitrogen and oxygen atoms in total. The van der Waals surface area contributed by atoms with E-state index >= 15 is 0 Å². The number of carbonyl (C=O) groups is 3. The van der Waals surface area contributed by atoms with Gasteiger partial charge in [-0.1, -0.05) is 42.5 Å². The Bertz CT molecular complexity index is 1330. The Hall–Kier alpha value is -3.91.